The summed E-state index contributed by atoms with van der Waals surface area (Å²) in [5.74, 6) is -0.233. The monoisotopic (exact) mass is 363 g/mol. The third-order valence-electron chi connectivity index (χ3n) is 4.14. The molecule has 0 saturated carbocycles. The Labute approximate surface area is 151 Å². The number of carbonyl (C=O) groups is 1. The lowest BCUT2D eigenvalue weighted by molar-refractivity contribution is 0.102. The van der Waals surface area contributed by atoms with Gasteiger partial charge in [-0.05, 0) is 37.1 Å². The van der Waals surface area contributed by atoms with Crippen LogP contribution in [0.5, 0.6) is 0 Å². The summed E-state index contributed by atoms with van der Waals surface area (Å²) in [4.78, 5) is 19.0. The van der Waals surface area contributed by atoms with E-state index >= 15 is 0 Å². The van der Waals surface area contributed by atoms with Gasteiger partial charge in [0, 0.05) is 24.3 Å². The number of halogens is 2. The molecule has 1 amide bonds. The molecule has 3 rings (SSSR count). The van der Waals surface area contributed by atoms with Gasteiger partial charge in [0.25, 0.3) is 5.91 Å². The molecule has 24 heavy (non-hydrogen) atoms. The Hall–Kier alpha value is -1.78. The van der Waals surface area contributed by atoms with Gasteiger partial charge in [0.05, 0.1) is 28.2 Å². The molecular weight excluding hydrogens is 345 g/mol. The molecule has 0 aliphatic carbocycles. The van der Waals surface area contributed by atoms with Gasteiger partial charge < -0.3 is 10.2 Å². The fraction of sp³-hybridized carbons (Fsp3) is 0.333. The van der Waals surface area contributed by atoms with Gasteiger partial charge >= 0.3 is 0 Å². The van der Waals surface area contributed by atoms with Crippen LogP contribution in [0.3, 0.4) is 0 Å². The first-order valence-corrected chi connectivity index (χ1v) is 8.85. The number of nitrogens with one attached hydrogen (secondary N) is 1. The van der Waals surface area contributed by atoms with Crippen molar-refractivity contribution < 1.29 is 4.79 Å². The van der Waals surface area contributed by atoms with Crippen molar-refractivity contribution in [3.05, 3.63) is 52.3 Å². The maximum absolute atomic E-state index is 12.5. The maximum atomic E-state index is 12.5. The molecule has 1 aromatic carbocycles. The van der Waals surface area contributed by atoms with E-state index in [2.05, 4.69) is 15.2 Å². The van der Waals surface area contributed by atoms with Gasteiger partial charge in [0.15, 0.2) is 0 Å². The molecule has 0 unspecified atom stereocenters. The molecule has 1 fully saturated rings. The normalized spacial score (nSPS) is 15.0. The third kappa shape index (κ3) is 4.19. The fourth-order valence-electron chi connectivity index (χ4n) is 2.84. The summed E-state index contributed by atoms with van der Waals surface area (Å²) in [5, 5.41) is 3.75. The number of carbonyl (C=O) groups excluding carboxylic acids is 1. The lowest BCUT2D eigenvalue weighted by Crippen LogP contribution is -2.24. The van der Waals surface area contributed by atoms with Crippen LogP contribution in [0.2, 0.25) is 10.0 Å². The summed E-state index contributed by atoms with van der Waals surface area (Å²) in [6, 6.07) is 6.87. The quantitative estimate of drug-likeness (QED) is 0.832. The number of hydrogen-bond donors (Lipinski definition) is 1. The van der Waals surface area contributed by atoms with Crippen molar-refractivity contribution in [2.24, 2.45) is 0 Å². The highest BCUT2D eigenvalue weighted by Gasteiger charge is 2.14. The van der Waals surface area contributed by atoms with Crippen LogP contribution in [-0.4, -0.2) is 24.0 Å². The van der Waals surface area contributed by atoms with Crippen LogP contribution in [0, 0.1) is 0 Å². The van der Waals surface area contributed by atoms with Gasteiger partial charge in [-0.2, -0.15) is 0 Å². The summed E-state index contributed by atoms with van der Waals surface area (Å²) in [6.07, 6.45) is 8.27. The molecule has 1 aliphatic heterocycles. The van der Waals surface area contributed by atoms with Crippen LogP contribution in [0.1, 0.15) is 36.0 Å². The molecule has 2 heterocycles. The lowest BCUT2D eigenvalue weighted by Gasteiger charge is -2.22. The van der Waals surface area contributed by atoms with E-state index in [0.29, 0.717) is 21.3 Å². The average Bonchev–Trinajstić information content (AvgIpc) is 2.87. The summed E-state index contributed by atoms with van der Waals surface area (Å²) in [5.41, 5.74) is 2.04. The predicted molar refractivity (Wildman–Crippen MR) is 99.3 cm³/mol. The molecule has 0 bridgehead atoms. The standard InChI is InChI=1S/C18H19Cl2N3O/c19-14-5-6-17(16(20)10-14)22-18(24)13-9-15(12-21-11-13)23-7-3-1-2-4-8-23/h5-6,9-12H,1-4,7-8H2,(H,22,24). The lowest BCUT2D eigenvalue weighted by atomic mass is 10.2. The van der Waals surface area contributed by atoms with Gasteiger partial charge in [0.2, 0.25) is 0 Å². The topological polar surface area (TPSA) is 45.2 Å². The minimum Gasteiger partial charge on any atom is -0.370 e. The van der Waals surface area contributed by atoms with Crippen LogP contribution < -0.4 is 10.2 Å². The van der Waals surface area contributed by atoms with E-state index in [1.54, 1.807) is 24.4 Å². The minimum absolute atomic E-state index is 0.233. The largest absolute Gasteiger partial charge is 0.370 e. The van der Waals surface area contributed by atoms with E-state index in [4.69, 9.17) is 23.2 Å². The van der Waals surface area contributed by atoms with E-state index in [1.165, 1.54) is 25.7 Å². The third-order valence-corrected chi connectivity index (χ3v) is 4.68. The second kappa shape index (κ2) is 7.86. The molecule has 2 aromatic rings. The van der Waals surface area contributed by atoms with Gasteiger partial charge in [-0.1, -0.05) is 36.0 Å². The summed E-state index contributed by atoms with van der Waals surface area (Å²) < 4.78 is 0. The Morgan fingerprint density at radius 3 is 2.50 bits per heavy atom. The molecule has 1 N–H and O–H groups in total. The van der Waals surface area contributed by atoms with Gasteiger partial charge in [-0.3, -0.25) is 9.78 Å². The van der Waals surface area contributed by atoms with E-state index in [-0.39, 0.29) is 5.91 Å². The SMILES string of the molecule is O=C(Nc1ccc(Cl)cc1Cl)c1cncc(N2CCCCCC2)c1. The molecule has 0 spiro atoms. The molecule has 1 aromatic heterocycles. The zero-order chi connectivity index (χ0) is 16.9. The molecule has 4 nitrogen and oxygen atoms in total. The summed E-state index contributed by atoms with van der Waals surface area (Å²) in [7, 11) is 0. The molecule has 1 saturated heterocycles. The molecule has 0 atom stereocenters. The highest BCUT2D eigenvalue weighted by molar-refractivity contribution is 6.36. The van der Waals surface area contributed by atoms with Crippen molar-refractivity contribution in [2.75, 3.05) is 23.3 Å². The van der Waals surface area contributed by atoms with Crippen LogP contribution in [0.25, 0.3) is 0 Å². The number of amides is 1. The Kier molecular flexibility index (Phi) is 5.59. The first kappa shape index (κ1) is 17.1. The molecule has 0 radical (unpaired) electrons. The molecular formula is C18H19Cl2N3O. The van der Waals surface area contributed by atoms with Crippen LogP contribution in [0.15, 0.2) is 36.7 Å². The van der Waals surface area contributed by atoms with Crippen molar-refractivity contribution >= 4 is 40.5 Å². The Morgan fingerprint density at radius 2 is 1.79 bits per heavy atom. The van der Waals surface area contributed by atoms with E-state index in [0.717, 1.165) is 18.8 Å². The minimum atomic E-state index is -0.233. The highest BCUT2D eigenvalue weighted by Crippen LogP contribution is 2.26. The first-order valence-electron chi connectivity index (χ1n) is 8.10. The number of hydrogen-bond acceptors (Lipinski definition) is 3. The van der Waals surface area contributed by atoms with Crippen molar-refractivity contribution in [2.45, 2.75) is 25.7 Å². The average molecular weight is 364 g/mol. The maximum Gasteiger partial charge on any atom is 0.257 e. The van der Waals surface area contributed by atoms with Crippen molar-refractivity contribution in [1.82, 2.24) is 4.98 Å². The fourth-order valence-corrected chi connectivity index (χ4v) is 3.29. The van der Waals surface area contributed by atoms with E-state index in [1.807, 2.05) is 12.3 Å². The number of anilines is 2. The number of nitrogens with zero attached hydrogens (tertiary/aromatic N) is 2. The number of rotatable bonds is 3. The van der Waals surface area contributed by atoms with E-state index in [9.17, 15) is 4.79 Å². The summed E-state index contributed by atoms with van der Waals surface area (Å²) in [6.45, 7) is 2.02. The zero-order valence-corrected chi connectivity index (χ0v) is 14.8. The van der Waals surface area contributed by atoms with Crippen molar-refractivity contribution in [3.8, 4) is 0 Å². The molecule has 6 heteroatoms. The zero-order valence-electron chi connectivity index (χ0n) is 13.3. The van der Waals surface area contributed by atoms with Crippen LogP contribution in [-0.2, 0) is 0 Å². The second-order valence-electron chi connectivity index (χ2n) is 5.91. The van der Waals surface area contributed by atoms with Gasteiger partial charge in [-0.15, -0.1) is 0 Å². The smallest absolute Gasteiger partial charge is 0.257 e. The summed E-state index contributed by atoms with van der Waals surface area (Å²) >= 11 is 12.0. The Balaban J connectivity index is 1.76. The highest BCUT2D eigenvalue weighted by atomic mass is 35.5. The van der Waals surface area contributed by atoms with Gasteiger partial charge in [-0.25, -0.2) is 0 Å². The second-order valence-corrected chi connectivity index (χ2v) is 6.76. The van der Waals surface area contributed by atoms with Gasteiger partial charge in [0.1, 0.15) is 0 Å². The Bertz CT molecular complexity index is 728. The van der Waals surface area contributed by atoms with Crippen molar-refractivity contribution in [3.63, 3.8) is 0 Å². The van der Waals surface area contributed by atoms with Crippen LogP contribution >= 0.6 is 23.2 Å². The Morgan fingerprint density at radius 1 is 1.04 bits per heavy atom. The number of pyridine rings is 1. The molecule has 1 aliphatic rings. The van der Waals surface area contributed by atoms with E-state index < -0.39 is 0 Å². The van der Waals surface area contributed by atoms with Crippen molar-refractivity contribution in [1.29, 1.82) is 0 Å². The predicted octanol–water partition coefficient (Wildman–Crippen LogP) is 5.02. The molecule has 126 valence electrons. The number of aromatic nitrogens is 1. The first-order chi connectivity index (χ1) is 11.6. The van der Waals surface area contributed by atoms with Crippen LogP contribution in [0.4, 0.5) is 11.4 Å². The number of benzene rings is 1.